The van der Waals surface area contributed by atoms with Crippen LogP contribution in [0.4, 0.5) is 0 Å². The molecule has 0 aliphatic carbocycles. The number of benzene rings is 1. The molecule has 1 aromatic heterocycles. The zero-order chi connectivity index (χ0) is 10.5. The standard InChI is InChI=1S/C12H7N3/c13-9-12-3-1-2-11(8-12)4-6-15-7-5-14-10-15/h1-3,5,7-8,10H. The van der Waals surface area contributed by atoms with Gasteiger partial charge in [-0.15, -0.1) is 0 Å². The van der Waals surface area contributed by atoms with E-state index in [2.05, 4.69) is 23.0 Å². The van der Waals surface area contributed by atoms with E-state index in [9.17, 15) is 0 Å². The summed E-state index contributed by atoms with van der Waals surface area (Å²) < 4.78 is 1.67. The van der Waals surface area contributed by atoms with Crippen molar-refractivity contribution in [1.29, 1.82) is 5.26 Å². The Balaban J connectivity index is 2.28. The van der Waals surface area contributed by atoms with E-state index in [1.807, 2.05) is 12.1 Å². The van der Waals surface area contributed by atoms with Gasteiger partial charge in [-0.2, -0.15) is 5.26 Å². The molecule has 0 N–H and O–H groups in total. The van der Waals surface area contributed by atoms with Crippen molar-refractivity contribution in [3.63, 3.8) is 0 Å². The van der Waals surface area contributed by atoms with E-state index in [0.29, 0.717) is 5.56 Å². The third kappa shape index (κ3) is 2.24. The number of aromatic nitrogens is 2. The lowest BCUT2D eigenvalue weighted by Crippen LogP contribution is -1.83. The Labute approximate surface area is 87.6 Å². The van der Waals surface area contributed by atoms with Crippen LogP contribution in [0.5, 0.6) is 0 Å². The van der Waals surface area contributed by atoms with Crippen molar-refractivity contribution in [1.82, 2.24) is 9.55 Å². The summed E-state index contributed by atoms with van der Waals surface area (Å²) in [5.74, 6) is 2.94. The molecule has 2 rings (SSSR count). The monoisotopic (exact) mass is 193 g/mol. The van der Waals surface area contributed by atoms with Crippen LogP contribution >= 0.6 is 0 Å². The predicted molar refractivity (Wildman–Crippen MR) is 55.7 cm³/mol. The molecule has 0 unspecified atom stereocenters. The molecule has 15 heavy (non-hydrogen) atoms. The van der Waals surface area contributed by atoms with Crippen molar-refractivity contribution in [2.75, 3.05) is 0 Å². The van der Waals surface area contributed by atoms with Gasteiger partial charge in [0.25, 0.3) is 0 Å². The minimum Gasteiger partial charge on any atom is -0.265 e. The van der Waals surface area contributed by atoms with Gasteiger partial charge in [-0.3, -0.25) is 4.57 Å². The average molecular weight is 193 g/mol. The number of rotatable bonds is 0. The first-order valence-electron chi connectivity index (χ1n) is 4.38. The smallest absolute Gasteiger partial charge is 0.106 e. The predicted octanol–water partition coefficient (Wildman–Crippen LogP) is 1.61. The van der Waals surface area contributed by atoms with Crippen LogP contribution in [0.25, 0.3) is 0 Å². The molecule has 0 spiro atoms. The highest BCUT2D eigenvalue weighted by Crippen LogP contribution is 2.01. The normalized spacial score (nSPS) is 8.73. The van der Waals surface area contributed by atoms with Gasteiger partial charge in [0.1, 0.15) is 6.33 Å². The molecular weight excluding hydrogens is 186 g/mol. The summed E-state index contributed by atoms with van der Waals surface area (Å²) in [6.07, 6.45) is 5.06. The fourth-order valence-electron chi connectivity index (χ4n) is 1.12. The van der Waals surface area contributed by atoms with Crippen molar-refractivity contribution >= 4 is 0 Å². The minimum absolute atomic E-state index is 0.618. The van der Waals surface area contributed by atoms with E-state index < -0.39 is 0 Å². The van der Waals surface area contributed by atoms with E-state index in [-0.39, 0.29) is 0 Å². The number of hydrogen-bond donors (Lipinski definition) is 0. The second-order valence-corrected chi connectivity index (χ2v) is 2.90. The summed E-state index contributed by atoms with van der Waals surface area (Å²) in [6.45, 7) is 0. The molecule has 0 saturated heterocycles. The van der Waals surface area contributed by atoms with Gasteiger partial charge in [-0.25, -0.2) is 4.98 Å². The zero-order valence-corrected chi connectivity index (χ0v) is 7.88. The number of imidazole rings is 1. The van der Waals surface area contributed by atoms with Gasteiger partial charge in [0.05, 0.1) is 11.6 Å². The van der Waals surface area contributed by atoms with Gasteiger partial charge in [0.2, 0.25) is 0 Å². The van der Waals surface area contributed by atoms with Crippen LogP contribution in [0, 0.1) is 23.3 Å². The van der Waals surface area contributed by atoms with Crippen molar-refractivity contribution in [2.24, 2.45) is 0 Å². The van der Waals surface area contributed by atoms with E-state index in [1.54, 1.807) is 35.4 Å². The first kappa shape index (κ1) is 9.05. The molecule has 3 heteroatoms. The van der Waals surface area contributed by atoms with Crippen molar-refractivity contribution in [3.8, 4) is 18.0 Å². The van der Waals surface area contributed by atoms with Crippen LogP contribution in [0.1, 0.15) is 11.1 Å². The van der Waals surface area contributed by atoms with Gasteiger partial charge in [-0.05, 0) is 24.1 Å². The third-order valence-corrected chi connectivity index (χ3v) is 1.83. The molecule has 1 heterocycles. The Hall–Kier alpha value is -2.52. The topological polar surface area (TPSA) is 41.6 Å². The highest BCUT2D eigenvalue weighted by molar-refractivity contribution is 5.41. The van der Waals surface area contributed by atoms with Crippen molar-refractivity contribution < 1.29 is 0 Å². The summed E-state index contributed by atoms with van der Waals surface area (Å²) in [4.78, 5) is 3.88. The fourth-order valence-corrected chi connectivity index (χ4v) is 1.12. The number of nitriles is 1. The van der Waals surface area contributed by atoms with E-state index in [0.717, 1.165) is 5.56 Å². The van der Waals surface area contributed by atoms with Gasteiger partial charge in [-0.1, -0.05) is 6.07 Å². The maximum absolute atomic E-state index is 8.70. The lowest BCUT2D eigenvalue weighted by atomic mass is 10.1. The fraction of sp³-hybridized carbons (Fsp3) is 0. The molecule has 0 aliphatic rings. The number of nitrogens with zero attached hydrogens (tertiary/aromatic N) is 3. The molecule has 0 aliphatic heterocycles. The SMILES string of the molecule is N#Cc1cccc(C#Cn2ccnc2)c1. The van der Waals surface area contributed by atoms with Crippen LogP contribution in [-0.4, -0.2) is 9.55 Å². The van der Waals surface area contributed by atoms with E-state index in [4.69, 9.17) is 5.26 Å². The minimum atomic E-state index is 0.618. The van der Waals surface area contributed by atoms with Gasteiger partial charge in [0, 0.05) is 24.0 Å². The van der Waals surface area contributed by atoms with Crippen LogP contribution in [-0.2, 0) is 0 Å². The summed E-state index contributed by atoms with van der Waals surface area (Å²) >= 11 is 0. The highest BCUT2D eigenvalue weighted by atomic mass is 15.0. The molecule has 70 valence electrons. The summed E-state index contributed by atoms with van der Waals surface area (Å²) in [5, 5.41) is 8.70. The Kier molecular flexibility index (Phi) is 2.49. The molecule has 2 aromatic rings. The van der Waals surface area contributed by atoms with Crippen LogP contribution in [0.3, 0.4) is 0 Å². The van der Waals surface area contributed by atoms with E-state index >= 15 is 0 Å². The first-order valence-corrected chi connectivity index (χ1v) is 4.38. The molecule has 1 aromatic carbocycles. The van der Waals surface area contributed by atoms with Crippen LogP contribution < -0.4 is 0 Å². The molecule has 0 radical (unpaired) electrons. The van der Waals surface area contributed by atoms with Gasteiger partial charge >= 0.3 is 0 Å². The lowest BCUT2D eigenvalue weighted by molar-refractivity contribution is 1.11. The quantitative estimate of drug-likeness (QED) is 0.596. The summed E-state index contributed by atoms with van der Waals surface area (Å²) in [7, 11) is 0. The van der Waals surface area contributed by atoms with Crippen molar-refractivity contribution in [2.45, 2.75) is 0 Å². The maximum Gasteiger partial charge on any atom is 0.106 e. The lowest BCUT2D eigenvalue weighted by Gasteiger charge is -1.90. The highest BCUT2D eigenvalue weighted by Gasteiger charge is 1.90. The summed E-state index contributed by atoms with van der Waals surface area (Å²) in [5.41, 5.74) is 1.44. The van der Waals surface area contributed by atoms with Crippen molar-refractivity contribution in [3.05, 3.63) is 54.1 Å². The third-order valence-electron chi connectivity index (χ3n) is 1.83. The Morgan fingerprint density at radius 1 is 1.27 bits per heavy atom. The second kappa shape index (κ2) is 4.13. The molecule has 0 saturated carbocycles. The second-order valence-electron chi connectivity index (χ2n) is 2.90. The zero-order valence-electron chi connectivity index (χ0n) is 7.88. The molecule has 0 atom stereocenters. The van der Waals surface area contributed by atoms with E-state index in [1.165, 1.54) is 0 Å². The first-order chi connectivity index (χ1) is 7.38. The molecular formula is C12H7N3. The Morgan fingerprint density at radius 2 is 2.13 bits per heavy atom. The molecule has 0 bridgehead atoms. The number of hydrogen-bond acceptors (Lipinski definition) is 2. The average Bonchev–Trinajstić information content (AvgIpc) is 2.79. The van der Waals surface area contributed by atoms with Gasteiger partial charge in [0.15, 0.2) is 0 Å². The van der Waals surface area contributed by atoms with Crippen LogP contribution in [0.2, 0.25) is 0 Å². The molecule has 3 nitrogen and oxygen atoms in total. The summed E-state index contributed by atoms with van der Waals surface area (Å²) in [6, 6.07) is 12.1. The molecule has 0 amide bonds. The van der Waals surface area contributed by atoms with Crippen LogP contribution in [0.15, 0.2) is 43.0 Å². The largest absolute Gasteiger partial charge is 0.265 e. The maximum atomic E-state index is 8.70. The Morgan fingerprint density at radius 3 is 2.87 bits per heavy atom. The van der Waals surface area contributed by atoms with Gasteiger partial charge < -0.3 is 0 Å². The molecule has 0 fully saturated rings. The Bertz CT molecular complexity index is 551.